The molecule has 0 N–H and O–H groups in total. The lowest BCUT2D eigenvalue weighted by Crippen LogP contribution is -2.00. The van der Waals surface area contributed by atoms with Gasteiger partial charge in [-0.05, 0) is 36.4 Å². The van der Waals surface area contributed by atoms with Crippen LogP contribution in [0.1, 0.15) is 0 Å². The second-order valence-electron chi connectivity index (χ2n) is 5.54. The van der Waals surface area contributed by atoms with Crippen LogP contribution in [0.3, 0.4) is 0 Å². The van der Waals surface area contributed by atoms with E-state index in [0.717, 1.165) is 37.4 Å². The molecule has 3 nitrogen and oxygen atoms in total. The lowest BCUT2D eigenvalue weighted by molar-refractivity contribution is 1.07. The maximum absolute atomic E-state index is 4.49. The molecule has 122 valence electrons. The van der Waals surface area contributed by atoms with E-state index in [1.807, 2.05) is 66.7 Å². The van der Waals surface area contributed by atoms with Gasteiger partial charge in [0, 0.05) is 25.8 Å². The van der Waals surface area contributed by atoms with Gasteiger partial charge in [0.15, 0.2) is 11.6 Å². The summed E-state index contributed by atoms with van der Waals surface area (Å²) in [5.41, 5.74) is 3.04. The predicted molar refractivity (Wildman–Crippen MR) is 108 cm³/mol. The summed E-state index contributed by atoms with van der Waals surface area (Å²) in [5.74, 6) is 1.62. The summed E-state index contributed by atoms with van der Waals surface area (Å²) in [6.45, 7) is 0. The summed E-state index contributed by atoms with van der Waals surface area (Å²) >= 11 is 7.08. The highest BCUT2D eigenvalue weighted by atomic mass is 79.9. The van der Waals surface area contributed by atoms with Gasteiger partial charge in [-0.1, -0.05) is 74.3 Å². The first-order valence-corrected chi connectivity index (χ1v) is 9.34. The molecular formula is C20H13Br2N3. The average molecular weight is 455 g/mol. The summed E-state index contributed by atoms with van der Waals surface area (Å²) in [6.07, 6.45) is 0. The van der Waals surface area contributed by atoms with Crippen LogP contribution in [0.2, 0.25) is 0 Å². The summed E-state index contributed by atoms with van der Waals surface area (Å²) in [7, 11) is 0. The highest BCUT2D eigenvalue weighted by Gasteiger charge is 2.17. The third-order valence-electron chi connectivity index (χ3n) is 3.84. The molecule has 0 fully saturated rings. The van der Waals surface area contributed by atoms with Gasteiger partial charge in [-0.25, -0.2) is 0 Å². The van der Waals surface area contributed by atoms with Gasteiger partial charge >= 0.3 is 0 Å². The van der Waals surface area contributed by atoms with E-state index in [1.54, 1.807) is 0 Å². The summed E-state index contributed by atoms with van der Waals surface area (Å²) in [5, 5.41) is 8.97. The van der Waals surface area contributed by atoms with Crippen molar-refractivity contribution in [3.8, 4) is 28.5 Å². The van der Waals surface area contributed by atoms with E-state index in [0.29, 0.717) is 0 Å². The molecule has 0 bridgehead atoms. The SMILES string of the molecule is Brc1cccc(-c2nnc(-c3cccc(Br)c3)n2-c2ccccc2)c1. The molecule has 0 spiro atoms. The van der Waals surface area contributed by atoms with E-state index >= 15 is 0 Å². The zero-order chi connectivity index (χ0) is 17.2. The quantitative estimate of drug-likeness (QED) is 0.373. The standard InChI is InChI=1S/C20H13Br2N3/c21-16-8-4-6-14(12-16)19-23-24-20(15-7-5-9-17(22)13-15)25(19)18-10-2-1-3-11-18/h1-13H. The van der Waals surface area contributed by atoms with Crippen molar-refractivity contribution in [2.75, 3.05) is 0 Å². The molecular weight excluding hydrogens is 442 g/mol. The summed E-state index contributed by atoms with van der Waals surface area (Å²) < 4.78 is 4.11. The minimum atomic E-state index is 0.808. The van der Waals surface area contributed by atoms with Crippen LogP contribution in [-0.2, 0) is 0 Å². The smallest absolute Gasteiger partial charge is 0.168 e. The average Bonchev–Trinajstić information content (AvgIpc) is 3.07. The number of hydrogen-bond acceptors (Lipinski definition) is 2. The minimum Gasteiger partial charge on any atom is -0.275 e. The van der Waals surface area contributed by atoms with Crippen LogP contribution in [0.4, 0.5) is 0 Å². The molecule has 4 rings (SSSR count). The van der Waals surface area contributed by atoms with E-state index in [1.165, 1.54) is 0 Å². The Morgan fingerprint density at radius 3 is 1.60 bits per heavy atom. The van der Waals surface area contributed by atoms with E-state index < -0.39 is 0 Å². The highest BCUT2D eigenvalue weighted by Crippen LogP contribution is 2.30. The summed E-state index contributed by atoms with van der Waals surface area (Å²) in [4.78, 5) is 0. The van der Waals surface area contributed by atoms with Crippen molar-refractivity contribution in [1.29, 1.82) is 0 Å². The molecule has 1 aromatic heterocycles. The van der Waals surface area contributed by atoms with Crippen LogP contribution in [0.25, 0.3) is 28.5 Å². The van der Waals surface area contributed by atoms with Crippen molar-refractivity contribution in [2.24, 2.45) is 0 Å². The van der Waals surface area contributed by atoms with Gasteiger partial charge in [0.1, 0.15) is 0 Å². The first-order valence-electron chi connectivity index (χ1n) is 7.75. The molecule has 3 aromatic carbocycles. The van der Waals surface area contributed by atoms with Gasteiger partial charge in [-0.15, -0.1) is 10.2 Å². The Bertz CT molecular complexity index is 963. The number of hydrogen-bond donors (Lipinski definition) is 0. The van der Waals surface area contributed by atoms with E-state index in [-0.39, 0.29) is 0 Å². The monoisotopic (exact) mass is 453 g/mol. The second kappa shape index (κ2) is 6.94. The topological polar surface area (TPSA) is 30.7 Å². The predicted octanol–water partition coefficient (Wildman–Crippen LogP) is 6.13. The zero-order valence-electron chi connectivity index (χ0n) is 13.1. The molecule has 4 aromatic rings. The molecule has 0 saturated heterocycles. The number of rotatable bonds is 3. The molecule has 0 amide bonds. The van der Waals surface area contributed by atoms with Crippen molar-refractivity contribution in [2.45, 2.75) is 0 Å². The van der Waals surface area contributed by atoms with Crippen LogP contribution in [0.15, 0.2) is 87.8 Å². The van der Waals surface area contributed by atoms with Gasteiger partial charge in [0.2, 0.25) is 0 Å². The van der Waals surface area contributed by atoms with Crippen LogP contribution >= 0.6 is 31.9 Å². The third kappa shape index (κ3) is 3.30. The Morgan fingerprint density at radius 2 is 1.12 bits per heavy atom. The van der Waals surface area contributed by atoms with Gasteiger partial charge < -0.3 is 0 Å². The molecule has 5 heteroatoms. The molecule has 0 atom stereocenters. The zero-order valence-corrected chi connectivity index (χ0v) is 16.3. The first-order chi connectivity index (χ1) is 12.2. The normalized spacial score (nSPS) is 10.8. The molecule has 0 unspecified atom stereocenters. The molecule has 0 saturated carbocycles. The molecule has 1 heterocycles. The third-order valence-corrected chi connectivity index (χ3v) is 4.83. The van der Waals surface area contributed by atoms with Crippen molar-refractivity contribution in [1.82, 2.24) is 14.8 Å². The second-order valence-corrected chi connectivity index (χ2v) is 7.37. The Labute approximate surface area is 162 Å². The molecule has 0 radical (unpaired) electrons. The van der Waals surface area contributed by atoms with Crippen LogP contribution in [-0.4, -0.2) is 14.8 Å². The lowest BCUT2D eigenvalue weighted by Gasteiger charge is -2.11. The first kappa shape index (κ1) is 16.2. The van der Waals surface area contributed by atoms with Crippen molar-refractivity contribution in [3.05, 3.63) is 87.8 Å². The minimum absolute atomic E-state index is 0.808. The molecule has 0 aliphatic carbocycles. The Morgan fingerprint density at radius 1 is 0.600 bits per heavy atom. The van der Waals surface area contributed by atoms with Crippen LogP contribution < -0.4 is 0 Å². The fourth-order valence-corrected chi connectivity index (χ4v) is 3.53. The van der Waals surface area contributed by atoms with Crippen LogP contribution in [0.5, 0.6) is 0 Å². The number of para-hydroxylation sites is 1. The van der Waals surface area contributed by atoms with Gasteiger partial charge in [-0.2, -0.15) is 0 Å². The lowest BCUT2D eigenvalue weighted by atomic mass is 10.1. The number of aromatic nitrogens is 3. The Kier molecular flexibility index (Phi) is 4.51. The fraction of sp³-hybridized carbons (Fsp3) is 0. The molecule has 0 aliphatic heterocycles. The highest BCUT2D eigenvalue weighted by molar-refractivity contribution is 9.10. The van der Waals surface area contributed by atoms with E-state index in [4.69, 9.17) is 0 Å². The number of benzene rings is 3. The Hall–Kier alpha value is -2.24. The van der Waals surface area contributed by atoms with Crippen molar-refractivity contribution in [3.63, 3.8) is 0 Å². The van der Waals surface area contributed by atoms with Gasteiger partial charge in [-0.3, -0.25) is 4.57 Å². The number of halogens is 2. The van der Waals surface area contributed by atoms with Gasteiger partial charge in [0.25, 0.3) is 0 Å². The van der Waals surface area contributed by atoms with Crippen molar-refractivity contribution >= 4 is 31.9 Å². The van der Waals surface area contributed by atoms with Gasteiger partial charge in [0.05, 0.1) is 0 Å². The maximum Gasteiger partial charge on any atom is 0.168 e. The number of nitrogens with zero attached hydrogens (tertiary/aromatic N) is 3. The summed E-state index contributed by atoms with van der Waals surface area (Å²) in [6, 6.07) is 26.4. The maximum atomic E-state index is 4.49. The van der Waals surface area contributed by atoms with Crippen LogP contribution in [0, 0.1) is 0 Å². The Balaban J connectivity index is 1.97. The molecule has 25 heavy (non-hydrogen) atoms. The largest absolute Gasteiger partial charge is 0.275 e. The molecule has 0 aliphatic rings. The van der Waals surface area contributed by atoms with E-state index in [9.17, 15) is 0 Å². The van der Waals surface area contributed by atoms with Crippen molar-refractivity contribution < 1.29 is 0 Å². The fourth-order valence-electron chi connectivity index (χ4n) is 2.73. The van der Waals surface area contributed by atoms with E-state index in [2.05, 4.69) is 58.8 Å².